The summed E-state index contributed by atoms with van der Waals surface area (Å²) in [6.45, 7) is 1.23. The van der Waals surface area contributed by atoms with Crippen molar-refractivity contribution in [2.24, 2.45) is 0 Å². The van der Waals surface area contributed by atoms with Crippen LogP contribution >= 0.6 is 11.6 Å². The first-order valence-corrected chi connectivity index (χ1v) is 12.6. The van der Waals surface area contributed by atoms with E-state index in [2.05, 4.69) is 5.32 Å². The summed E-state index contributed by atoms with van der Waals surface area (Å²) < 4.78 is 34.5. The lowest BCUT2D eigenvalue weighted by molar-refractivity contribution is 0.0730. The van der Waals surface area contributed by atoms with E-state index >= 15 is 0 Å². The van der Waals surface area contributed by atoms with Crippen molar-refractivity contribution in [1.29, 1.82) is 0 Å². The fraction of sp³-hybridized carbons (Fsp3) is 0.304. The van der Waals surface area contributed by atoms with Gasteiger partial charge < -0.3 is 10.1 Å². The highest BCUT2D eigenvalue weighted by atomic mass is 35.5. The molecule has 0 spiro atoms. The number of ether oxygens (including phenoxy) is 1. The second-order valence-corrected chi connectivity index (χ2v) is 10.3. The van der Waals surface area contributed by atoms with Gasteiger partial charge >= 0.3 is 0 Å². The molecule has 0 atom stereocenters. The zero-order valence-corrected chi connectivity index (χ0v) is 19.4. The van der Waals surface area contributed by atoms with E-state index in [1.807, 2.05) is 30.3 Å². The van der Waals surface area contributed by atoms with Crippen LogP contribution < -0.4 is 5.32 Å². The number of para-hydroxylation sites is 1. The lowest BCUT2D eigenvalue weighted by Gasteiger charge is -2.26. The van der Waals surface area contributed by atoms with Gasteiger partial charge in [0.2, 0.25) is 10.0 Å². The Morgan fingerprint density at radius 2 is 1.82 bits per heavy atom. The molecule has 2 aliphatic rings. The number of amides is 1. The molecule has 0 unspecified atom stereocenters. The Morgan fingerprint density at radius 1 is 1.06 bits per heavy atom. The van der Waals surface area contributed by atoms with Crippen molar-refractivity contribution < 1.29 is 17.9 Å². The van der Waals surface area contributed by atoms with Gasteiger partial charge in [-0.05, 0) is 49.6 Å². The van der Waals surface area contributed by atoms with Gasteiger partial charge in [0.1, 0.15) is 5.82 Å². The van der Waals surface area contributed by atoms with Gasteiger partial charge in [0.05, 0.1) is 40.1 Å². The summed E-state index contributed by atoms with van der Waals surface area (Å²) in [5.74, 6) is 0.113. The number of carbonyl (C=O) groups is 1. The van der Waals surface area contributed by atoms with Crippen molar-refractivity contribution >= 4 is 33.3 Å². The fourth-order valence-electron chi connectivity index (χ4n) is 4.23. The number of morpholine rings is 1. The van der Waals surface area contributed by atoms with Crippen molar-refractivity contribution in [1.82, 2.24) is 14.1 Å². The third kappa shape index (κ3) is 4.17. The third-order valence-corrected chi connectivity index (χ3v) is 8.15. The lowest BCUT2D eigenvalue weighted by atomic mass is 10.2. The Balaban J connectivity index is 1.49. The third-order valence-electron chi connectivity index (χ3n) is 5.93. The average Bonchev–Trinajstić information content (AvgIpc) is 3.43. The standard InChI is InChI=1S/C23H23ClN4O4S/c24-20-10-9-17(33(30,31)27-11-13-32-14-12-27)15-19(20)23(29)25-22-18-7-4-8-21(18)26-28(22)16-5-2-1-3-6-16/h1-3,5-6,9-10,15H,4,7-8,11-14H2,(H,25,29). The van der Waals surface area contributed by atoms with Crippen LogP contribution in [0.2, 0.25) is 5.02 Å². The lowest BCUT2D eigenvalue weighted by Crippen LogP contribution is -2.40. The van der Waals surface area contributed by atoms with Crippen LogP contribution in [0.15, 0.2) is 53.4 Å². The summed E-state index contributed by atoms with van der Waals surface area (Å²) in [5.41, 5.74) is 2.89. The number of fused-ring (bicyclic) bond motifs is 1. The van der Waals surface area contributed by atoms with Crippen LogP contribution in [0.25, 0.3) is 5.69 Å². The summed E-state index contributed by atoms with van der Waals surface area (Å²) in [4.78, 5) is 13.3. The van der Waals surface area contributed by atoms with Crippen molar-refractivity contribution in [3.8, 4) is 5.69 Å². The Hall–Kier alpha value is -2.72. The smallest absolute Gasteiger partial charge is 0.258 e. The number of nitrogens with zero attached hydrogens (tertiary/aromatic N) is 3. The molecule has 3 aromatic rings. The first-order valence-electron chi connectivity index (χ1n) is 10.8. The zero-order valence-electron chi connectivity index (χ0n) is 17.8. The van der Waals surface area contributed by atoms with E-state index in [4.69, 9.17) is 21.4 Å². The van der Waals surface area contributed by atoms with Crippen molar-refractivity contribution in [2.45, 2.75) is 24.2 Å². The predicted molar refractivity (Wildman–Crippen MR) is 125 cm³/mol. The molecular weight excluding hydrogens is 464 g/mol. The van der Waals surface area contributed by atoms with Crippen LogP contribution in [0.4, 0.5) is 5.82 Å². The molecule has 1 aliphatic heterocycles. The summed E-state index contributed by atoms with van der Waals surface area (Å²) in [5, 5.41) is 7.83. The van der Waals surface area contributed by atoms with Gasteiger partial charge in [-0.3, -0.25) is 4.79 Å². The van der Waals surface area contributed by atoms with Gasteiger partial charge in [-0.1, -0.05) is 29.8 Å². The minimum absolute atomic E-state index is 0.0285. The molecule has 1 amide bonds. The molecule has 1 saturated heterocycles. The number of nitrogens with one attached hydrogen (secondary N) is 1. The molecule has 8 nitrogen and oxygen atoms in total. The molecule has 1 aromatic heterocycles. The molecule has 0 bridgehead atoms. The highest BCUT2D eigenvalue weighted by Crippen LogP contribution is 2.32. The number of hydrogen-bond acceptors (Lipinski definition) is 5. The van der Waals surface area contributed by atoms with Crippen LogP contribution in [-0.2, 0) is 27.6 Å². The van der Waals surface area contributed by atoms with E-state index in [0.29, 0.717) is 19.0 Å². The van der Waals surface area contributed by atoms with E-state index in [0.717, 1.165) is 36.2 Å². The number of benzene rings is 2. The van der Waals surface area contributed by atoms with E-state index in [1.165, 1.54) is 22.5 Å². The maximum absolute atomic E-state index is 13.3. The molecule has 33 heavy (non-hydrogen) atoms. The summed E-state index contributed by atoms with van der Waals surface area (Å²) in [7, 11) is -3.76. The second-order valence-electron chi connectivity index (χ2n) is 7.99. The van der Waals surface area contributed by atoms with Gasteiger partial charge in [0.25, 0.3) is 5.91 Å². The number of sulfonamides is 1. The minimum Gasteiger partial charge on any atom is -0.379 e. The Labute approximate surface area is 197 Å². The molecular formula is C23H23ClN4O4S. The van der Waals surface area contributed by atoms with E-state index in [-0.39, 0.29) is 28.6 Å². The highest BCUT2D eigenvalue weighted by Gasteiger charge is 2.29. The summed E-state index contributed by atoms with van der Waals surface area (Å²) in [6.07, 6.45) is 2.65. The Kier molecular flexibility index (Phi) is 5.96. The monoisotopic (exact) mass is 486 g/mol. The first-order chi connectivity index (χ1) is 15.9. The van der Waals surface area contributed by atoms with Gasteiger partial charge in [-0.15, -0.1) is 0 Å². The van der Waals surface area contributed by atoms with Gasteiger partial charge in [-0.25, -0.2) is 13.1 Å². The predicted octanol–water partition coefficient (Wildman–Crippen LogP) is 3.29. The molecule has 1 N–H and O–H groups in total. The molecule has 0 saturated carbocycles. The number of rotatable bonds is 5. The van der Waals surface area contributed by atoms with Crippen molar-refractivity contribution in [3.05, 3.63) is 70.4 Å². The van der Waals surface area contributed by atoms with Crippen LogP contribution in [0, 0.1) is 0 Å². The zero-order chi connectivity index (χ0) is 23.0. The minimum atomic E-state index is -3.76. The average molecular weight is 487 g/mol. The quantitative estimate of drug-likeness (QED) is 0.597. The number of aryl methyl sites for hydroxylation is 1. The number of hydrogen-bond donors (Lipinski definition) is 1. The molecule has 0 radical (unpaired) electrons. The topological polar surface area (TPSA) is 93.5 Å². The van der Waals surface area contributed by atoms with Gasteiger partial charge in [0, 0.05) is 18.7 Å². The molecule has 2 aromatic carbocycles. The van der Waals surface area contributed by atoms with Crippen molar-refractivity contribution in [3.63, 3.8) is 0 Å². The highest BCUT2D eigenvalue weighted by molar-refractivity contribution is 7.89. The Morgan fingerprint density at radius 3 is 2.58 bits per heavy atom. The molecule has 172 valence electrons. The van der Waals surface area contributed by atoms with E-state index < -0.39 is 15.9 Å². The molecule has 5 rings (SSSR count). The SMILES string of the molecule is O=C(Nc1c2c(nn1-c1ccccc1)CCC2)c1cc(S(=O)(=O)N2CCOCC2)ccc1Cl. The number of aromatic nitrogens is 2. The summed E-state index contributed by atoms with van der Waals surface area (Å²) in [6, 6.07) is 13.8. The van der Waals surface area contributed by atoms with Crippen LogP contribution in [0.3, 0.4) is 0 Å². The number of halogens is 1. The van der Waals surface area contributed by atoms with Crippen LogP contribution in [0.5, 0.6) is 0 Å². The van der Waals surface area contributed by atoms with E-state index in [1.54, 1.807) is 4.68 Å². The van der Waals surface area contributed by atoms with Gasteiger partial charge in [-0.2, -0.15) is 9.40 Å². The second kappa shape index (κ2) is 8.90. The van der Waals surface area contributed by atoms with Crippen LogP contribution in [-0.4, -0.2) is 54.7 Å². The maximum atomic E-state index is 13.3. The van der Waals surface area contributed by atoms with Crippen molar-refractivity contribution in [2.75, 3.05) is 31.6 Å². The van der Waals surface area contributed by atoms with Gasteiger partial charge in [0.15, 0.2) is 0 Å². The molecule has 2 heterocycles. The number of carbonyl (C=O) groups excluding carboxylic acids is 1. The first kappa shape index (κ1) is 22.1. The Bertz CT molecular complexity index is 1300. The summed E-state index contributed by atoms with van der Waals surface area (Å²) >= 11 is 6.33. The van der Waals surface area contributed by atoms with E-state index in [9.17, 15) is 13.2 Å². The molecule has 10 heteroatoms. The maximum Gasteiger partial charge on any atom is 0.258 e. The largest absolute Gasteiger partial charge is 0.379 e. The normalized spacial score (nSPS) is 16.5. The van der Waals surface area contributed by atoms with Crippen LogP contribution in [0.1, 0.15) is 28.0 Å². The number of anilines is 1. The molecule has 1 aliphatic carbocycles. The fourth-order valence-corrected chi connectivity index (χ4v) is 5.86. The molecule has 1 fully saturated rings.